The summed E-state index contributed by atoms with van der Waals surface area (Å²) < 4.78 is 0. The largest absolute Gasteiger partial charge is 0.321 e. The fraction of sp³-hybridized carbons (Fsp3) is 0.667. The van der Waals surface area contributed by atoms with Gasteiger partial charge in [-0.2, -0.15) is 0 Å². The van der Waals surface area contributed by atoms with Crippen molar-refractivity contribution in [2.75, 3.05) is 0 Å². The molecule has 0 saturated heterocycles. The molecule has 1 aliphatic rings. The maximum atomic E-state index is 6.66. The van der Waals surface area contributed by atoms with Gasteiger partial charge in [-0.1, -0.05) is 58.4 Å². The van der Waals surface area contributed by atoms with Gasteiger partial charge in [0.2, 0.25) is 0 Å². The first kappa shape index (κ1) is 14.6. The Balaban J connectivity index is 2.14. The molecule has 0 atom stereocenters. The van der Waals surface area contributed by atoms with Crippen LogP contribution in [-0.4, -0.2) is 0 Å². The van der Waals surface area contributed by atoms with Crippen molar-refractivity contribution in [3.63, 3.8) is 0 Å². The molecule has 1 saturated carbocycles. The highest BCUT2D eigenvalue weighted by molar-refractivity contribution is 5.32. The second kappa shape index (κ2) is 5.28. The summed E-state index contributed by atoms with van der Waals surface area (Å²) in [6.45, 7) is 9.07. The minimum atomic E-state index is -0.0813. The highest BCUT2D eigenvalue weighted by atomic mass is 14.7. The van der Waals surface area contributed by atoms with E-state index in [4.69, 9.17) is 5.73 Å². The monoisotopic (exact) mass is 259 g/mol. The molecular weight excluding hydrogens is 230 g/mol. The molecule has 1 aliphatic carbocycles. The Morgan fingerprint density at radius 3 is 2.05 bits per heavy atom. The second-order valence-electron chi connectivity index (χ2n) is 7.34. The molecule has 1 heteroatoms. The third-order valence-electron chi connectivity index (χ3n) is 4.90. The molecule has 1 aromatic rings. The van der Waals surface area contributed by atoms with Gasteiger partial charge in [-0.05, 0) is 48.1 Å². The van der Waals surface area contributed by atoms with Crippen LogP contribution in [0.15, 0.2) is 24.3 Å². The number of benzene rings is 1. The van der Waals surface area contributed by atoms with Crippen LogP contribution in [0.25, 0.3) is 0 Å². The Hall–Kier alpha value is -0.820. The first-order valence-corrected chi connectivity index (χ1v) is 7.75. The van der Waals surface area contributed by atoms with Crippen molar-refractivity contribution in [2.24, 2.45) is 11.7 Å². The zero-order chi connectivity index (χ0) is 14.1. The predicted octanol–water partition coefficient (Wildman–Crippen LogP) is 4.74. The van der Waals surface area contributed by atoms with Crippen LogP contribution in [0, 0.1) is 5.92 Å². The molecule has 1 nitrogen and oxygen atoms in total. The van der Waals surface area contributed by atoms with Gasteiger partial charge in [-0.25, -0.2) is 0 Å². The molecule has 0 aromatic heterocycles. The van der Waals surface area contributed by atoms with Crippen molar-refractivity contribution in [2.45, 2.75) is 70.8 Å². The lowest BCUT2D eigenvalue weighted by molar-refractivity contribution is 0.231. The molecule has 0 unspecified atom stereocenters. The van der Waals surface area contributed by atoms with Gasteiger partial charge < -0.3 is 5.73 Å². The smallest absolute Gasteiger partial charge is 0.0409 e. The number of nitrogens with two attached hydrogens (primary N) is 1. The van der Waals surface area contributed by atoms with Crippen molar-refractivity contribution < 1.29 is 0 Å². The van der Waals surface area contributed by atoms with E-state index in [9.17, 15) is 0 Å². The molecule has 1 aromatic carbocycles. The molecule has 0 bridgehead atoms. The highest BCUT2D eigenvalue weighted by Crippen LogP contribution is 2.39. The fourth-order valence-corrected chi connectivity index (χ4v) is 3.19. The van der Waals surface area contributed by atoms with E-state index >= 15 is 0 Å². The van der Waals surface area contributed by atoms with Crippen LogP contribution in [0.1, 0.15) is 70.9 Å². The van der Waals surface area contributed by atoms with Gasteiger partial charge in [-0.3, -0.25) is 0 Å². The van der Waals surface area contributed by atoms with E-state index in [2.05, 4.69) is 52.0 Å². The summed E-state index contributed by atoms with van der Waals surface area (Å²) in [4.78, 5) is 0. The van der Waals surface area contributed by atoms with Gasteiger partial charge in [0.05, 0.1) is 0 Å². The molecule has 0 radical (unpaired) electrons. The van der Waals surface area contributed by atoms with Crippen LogP contribution in [0.2, 0.25) is 0 Å². The van der Waals surface area contributed by atoms with Gasteiger partial charge in [-0.15, -0.1) is 0 Å². The third kappa shape index (κ3) is 3.20. The normalized spacial score (nSPS) is 28.4. The first-order valence-electron chi connectivity index (χ1n) is 7.75. The number of hydrogen-bond donors (Lipinski definition) is 1. The standard InChI is InChI=1S/C18H29N/c1-5-14-10-12-18(19,13-11-14)16-8-6-15(7-9-16)17(2,3)4/h6-9,14H,5,10-13,19H2,1-4H3. The van der Waals surface area contributed by atoms with Gasteiger partial charge in [0.15, 0.2) is 0 Å². The van der Waals surface area contributed by atoms with E-state index < -0.39 is 0 Å². The summed E-state index contributed by atoms with van der Waals surface area (Å²) in [6.07, 6.45) is 6.15. The Kier molecular flexibility index (Phi) is 4.06. The van der Waals surface area contributed by atoms with Crippen LogP contribution < -0.4 is 5.73 Å². The van der Waals surface area contributed by atoms with Crippen LogP contribution >= 0.6 is 0 Å². The Morgan fingerprint density at radius 1 is 1.11 bits per heavy atom. The average molecular weight is 259 g/mol. The molecule has 106 valence electrons. The maximum Gasteiger partial charge on any atom is 0.0409 e. The van der Waals surface area contributed by atoms with Crippen molar-refractivity contribution >= 4 is 0 Å². The molecule has 0 heterocycles. The van der Waals surface area contributed by atoms with E-state index in [0.29, 0.717) is 0 Å². The van der Waals surface area contributed by atoms with E-state index in [-0.39, 0.29) is 11.0 Å². The van der Waals surface area contributed by atoms with Crippen LogP contribution in [0.5, 0.6) is 0 Å². The highest BCUT2D eigenvalue weighted by Gasteiger charge is 2.32. The molecule has 19 heavy (non-hydrogen) atoms. The molecule has 0 spiro atoms. The zero-order valence-corrected chi connectivity index (χ0v) is 13.0. The first-order chi connectivity index (χ1) is 8.85. The fourth-order valence-electron chi connectivity index (χ4n) is 3.19. The van der Waals surface area contributed by atoms with Crippen molar-refractivity contribution in [3.05, 3.63) is 35.4 Å². The zero-order valence-electron chi connectivity index (χ0n) is 13.0. The summed E-state index contributed by atoms with van der Waals surface area (Å²) in [6, 6.07) is 9.03. The number of hydrogen-bond acceptors (Lipinski definition) is 1. The van der Waals surface area contributed by atoms with E-state index in [1.165, 1.54) is 30.4 Å². The minimum absolute atomic E-state index is 0.0813. The topological polar surface area (TPSA) is 26.0 Å². The Morgan fingerprint density at radius 2 is 1.63 bits per heavy atom. The summed E-state index contributed by atoms with van der Waals surface area (Å²) in [7, 11) is 0. The lowest BCUT2D eigenvalue weighted by Crippen LogP contribution is -2.40. The molecular formula is C18H29N. The summed E-state index contributed by atoms with van der Waals surface area (Å²) >= 11 is 0. The van der Waals surface area contributed by atoms with Gasteiger partial charge >= 0.3 is 0 Å². The van der Waals surface area contributed by atoms with Crippen LogP contribution in [0.3, 0.4) is 0 Å². The molecule has 0 amide bonds. The lowest BCUT2D eigenvalue weighted by atomic mass is 9.72. The molecule has 2 rings (SSSR count). The van der Waals surface area contributed by atoms with Gasteiger partial charge in [0.1, 0.15) is 0 Å². The quantitative estimate of drug-likeness (QED) is 0.815. The molecule has 2 N–H and O–H groups in total. The van der Waals surface area contributed by atoms with Crippen molar-refractivity contribution in [1.82, 2.24) is 0 Å². The Labute approximate surface area is 118 Å². The van der Waals surface area contributed by atoms with Crippen LogP contribution in [0.4, 0.5) is 0 Å². The third-order valence-corrected chi connectivity index (χ3v) is 4.90. The molecule has 0 aliphatic heterocycles. The molecule has 1 fully saturated rings. The van der Waals surface area contributed by atoms with E-state index in [1.54, 1.807) is 0 Å². The van der Waals surface area contributed by atoms with Gasteiger partial charge in [0, 0.05) is 5.54 Å². The van der Waals surface area contributed by atoms with Crippen molar-refractivity contribution in [3.8, 4) is 0 Å². The maximum absolute atomic E-state index is 6.66. The van der Waals surface area contributed by atoms with Crippen LogP contribution in [-0.2, 0) is 11.0 Å². The van der Waals surface area contributed by atoms with E-state index in [0.717, 1.165) is 18.8 Å². The Bertz CT molecular complexity index is 402. The average Bonchev–Trinajstić information content (AvgIpc) is 2.39. The summed E-state index contributed by atoms with van der Waals surface area (Å²) in [5, 5.41) is 0. The minimum Gasteiger partial charge on any atom is -0.321 e. The SMILES string of the molecule is CCC1CCC(N)(c2ccc(C(C)(C)C)cc2)CC1. The van der Waals surface area contributed by atoms with Gasteiger partial charge in [0.25, 0.3) is 0 Å². The van der Waals surface area contributed by atoms with E-state index in [1.807, 2.05) is 0 Å². The van der Waals surface area contributed by atoms with Crippen molar-refractivity contribution in [1.29, 1.82) is 0 Å². The second-order valence-corrected chi connectivity index (χ2v) is 7.34. The predicted molar refractivity (Wildman–Crippen MR) is 83.3 cm³/mol. The number of rotatable bonds is 2. The lowest BCUT2D eigenvalue weighted by Gasteiger charge is -2.37. The summed E-state index contributed by atoms with van der Waals surface area (Å²) in [5.74, 6) is 0.894. The summed E-state index contributed by atoms with van der Waals surface area (Å²) in [5.41, 5.74) is 9.52.